The molecule has 3 rings (SSSR count). The van der Waals surface area contributed by atoms with Gasteiger partial charge in [-0.2, -0.15) is 0 Å². The van der Waals surface area contributed by atoms with E-state index in [0.29, 0.717) is 0 Å². The van der Waals surface area contributed by atoms with Gasteiger partial charge in [0, 0.05) is 10.9 Å². The Hall–Kier alpha value is -1.68. The molecule has 1 nitrogen and oxygen atoms in total. The standard InChI is InChI=1S/C29H38OP2/c1-28(2,3)23-14-19-27(26(20-23)29(4,5)6)30-32(9)25-17-12-22(13-18-25)21-10-15-24(16-11-21)31(7)8/h10-20H,1-9H3. The van der Waals surface area contributed by atoms with Crippen LogP contribution in [0.3, 0.4) is 0 Å². The quantitative estimate of drug-likeness (QED) is 0.347. The van der Waals surface area contributed by atoms with Crippen molar-refractivity contribution < 1.29 is 4.52 Å². The van der Waals surface area contributed by atoms with Gasteiger partial charge in [-0.15, -0.1) is 0 Å². The van der Waals surface area contributed by atoms with Crippen molar-refractivity contribution in [1.29, 1.82) is 0 Å². The van der Waals surface area contributed by atoms with Gasteiger partial charge in [0.05, 0.1) is 0 Å². The van der Waals surface area contributed by atoms with E-state index in [1.807, 2.05) is 0 Å². The smallest absolute Gasteiger partial charge is 0.127 e. The SMILES string of the molecule is CP(C)c1ccc(-c2ccc(P(C)Oc3ccc(C(C)(C)C)cc3C(C)(C)C)cc2)cc1. The molecule has 170 valence electrons. The molecule has 0 fully saturated rings. The van der Waals surface area contributed by atoms with Crippen LogP contribution in [0.4, 0.5) is 0 Å². The van der Waals surface area contributed by atoms with Crippen molar-refractivity contribution >= 4 is 26.7 Å². The highest BCUT2D eigenvalue weighted by molar-refractivity contribution is 7.64. The molecule has 3 heteroatoms. The summed E-state index contributed by atoms with van der Waals surface area (Å²) in [6, 6.07) is 24.6. The molecule has 0 aliphatic heterocycles. The van der Waals surface area contributed by atoms with Crippen LogP contribution in [-0.4, -0.2) is 20.0 Å². The van der Waals surface area contributed by atoms with E-state index in [0.717, 1.165) is 5.75 Å². The molecule has 0 aliphatic carbocycles. The van der Waals surface area contributed by atoms with E-state index in [9.17, 15) is 0 Å². The lowest BCUT2D eigenvalue weighted by Gasteiger charge is -2.28. The van der Waals surface area contributed by atoms with Gasteiger partial charge in [-0.05, 0) is 58.9 Å². The minimum absolute atomic E-state index is 0.0279. The van der Waals surface area contributed by atoms with E-state index in [4.69, 9.17) is 4.52 Å². The monoisotopic (exact) mass is 464 g/mol. The van der Waals surface area contributed by atoms with Crippen molar-refractivity contribution in [2.45, 2.75) is 52.4 Å². The molecular weight excluding hydrogens is 426 g/mol. The third-order valence-corrected chi connectivity index (χ3v) is 8.66. The predicted octanol–water partition coefficient (Wildman–Crippen LogP) is 8.05. The van der Waals surface area contributed by atoms with Crippen LogP contribution in [0.2, 0.25) is 0 Å². The van der Waals surface area contributed by atoms with Crippen molar-refractivity contribution in [2.24, 2.45) is 0 Å². The second-order valence-corrected chi connectivity index (χ2v) is 14.8. The molecule has 1 atom stereocenters. The average molecular weight is 465 g/mol. The Morgan fingerprint density at radius 1 is 0.594 bits per heavy atom. The summed E-state index contributed by atoms with van der Waals surface area (Å²) in [6.45, 7) is 20.4. The molecule has 0 saturated heterocycles. The van der Waals surface area contributed by atoms with Gasteiger partial charge >= 0.3 is 0 Å². The molecule has 0 spiro atoms. The van der Waals surface area contributed by atoms with Crippen LogP contribution in [0.15, 0.2) is 66.7 Å². The maximum Gasteiger partial charge on any atom is 0.127 e. The van der Waals surface area contributed by atoms with Crippen LogP contribution >= 0.6 is 16.1 Å². The van der Waals surface area contributed by atoms with Crippen molar-refractivity contribution in [3.05, 3.63) is 77.9 Å². The van der Waals surface area contributed by atoms with E-state index < -0.39 is 8.15 Å². The predicted molar refractivity (Wildman–Crippen MR) is 147 cm³/mol. The molecule has 0 saturated carbocycles. The van der Waals surface area contributed by atoms with Crippen LogP contribution in [-0.2, 0) is 10.8 Å². The minimum Gasteiger partial charge on any atom is -0.469 e. The van der Waals surface area contributed by atoms with Crippen LogP contribution in [0.25, 0.3) is 11.1 Å². The van der Waals surface area contributed by atoms with E-state index >= 15 is 0 Å². The van der Waals surface area contributed by atoms with Gasteiger partial charge in [0.2, 0.25) is 0 Å². The number of hydrogen-bond acceptors (Lipinski definition) is 1. The summed E-state index contributed by atoms with van der Waals surface area (Å²) in [6.07, 6.45) is 0. The fraction of sp³-hybridized carbons (Fsp3) is 0.379. The lowest BCUT2D eigenvalue weighted by atomic mass is 9.80. The fourth-order valence-electron chi connectivity index (χ4n) is 3.68. The Balaban J connectivity index is 1.82. The molecule has 0 N–H and O–H groups in total. The zero-order valence-electron chi connectivity index (χ0n) is 21.2. The highest BCUT2D eigenvalue weighted by Gasteiger charge is 2.24. The van der Waals surface area contributed by atoms with Crippen molar-refractivity contribution in [2.75, 3.05) is 20.0 Å². The Morgan fingerprint density at radius 2 is 1.09 bits per heavy atom. The Bertz CT molecular complexity index is 1040. The summed E-state index contributed by atoms with van der Waals surface area (Å²) in [5, 5.41) is 2.70. The lowest BCUT2D eigenvalue weighted by molar-refractivity contribution is 0.531. The first kappa shape index (κ1) is 25.0. The topological polar surface area (TPSA) is 9.23 Å². The zero-order chi connectivity index (χ0) is 23.7. The highest BCUT2D eigenvalue weighted by atomic mass is 31.1. The van der Waals surface area contributed by atoms with E-state index in [1.54, 1.807) is 0 Å². The van der Waals surface area contributed by atoms with Crippen molar-refractivity contribution in [1.82, 2.24) is 0 Å². The van der Waals surface area contributed by atoms with Crippen molar-refractivity contribution in [3.63, 3.8) is 0 Å². The molecule has 0 aliphatic rings. The third kappa shape index (κ3) is 6.01. The number of rotatable bonds is 5. The zero-order valence-corrected chi connectivity index (χ0v) is 22.9. The third-order valence-electron chi connectivity index (χ3n) is 5.84. The molecule has 0 radical (unpaired) electrons. The van der Waals surface area contributed by atoms with Crippen LogP contribution in [0, 0.1) is 0 Å². The summed E-state index contributed by atoms with van der Waals surface area (Å²) in [7, 11) is -0.795. The Morgan fingerprint density at radius 3 is 1.53 bits per heavy atom. The van der Waals surface area contributed by atoms with Gasteiger partial charge in [-0.1, -0.05) is 110 Å². The van der Waals surface area contributed by atoms with Crippen LogP contribution < -0.4 is 15.1 Å². The second kappa shape index (κ2) is 9.67. The summed E-state index contributed by atoms with van der Waals surface area (Å²) < 4.78 is 6.58. The first-order chi connectivity index (χ1) is 14.9. The van der Waals surface area contributed by atoms with Gasteiger partial charge in [0.15, 0.2) is 0 Å². The summed E-state index contributed by atoms with van der Waals surface area (Å²) >= 11 is 0. The van der Waals surface area contributed by atoms with E-state index in [1.165, 1.54) is 32.9 Å². The molecule has 1 unspecified atom stereocenters. The Kier molecular flexibility index (Phi) is 7.54. The minimum atomic E-state index is -0.746. The first-order valence-corrected chi connectivity index (χ1v) is 15.2. The second-order valence-electron chi connectivity index (χ2n) is 10.8. The molecule has 3 aromatic carbocycles. The van der Waals surface area contributed by atoms with Gasteiger partial charge < -0.3 is 4.52 Å². The average Bonchev–Trinajstić information content (AvgIpc) is 2.72. The van der Waals surface area contributed by atoms with Gasteiger partial charge in [-0.25, -0.2) is 0 Å². The van der Waals surface area contributed by atoms with Crippen molar-refractivity contribution in [3.8, 4) is 16.9 Å². The van der Waals surface area contributed by atoms with E-state index in [2.05, 4.69) is 128 Å². The highest BCUT2D eigenvalue weighted by Crippen LogP contribution is 2.41. The maximum atomic E-state index is 6.58. The molecular formula is C29H38OP2. The molecule has 0 heterocycles. The van der Waals surface area contributed by atoms with Gasteiger partial charge in [0.25, 0.3) is 0 Å². The number of hydrogen-bond donors (Lipinski definition) is 0. The molecule has 0 bridgehead atoms. The summed E-state index contributed by atoms with van der Waals surface area (Å²) in [5.41, 5.74) is 5.31. The molecule has 0 aromatic heterocycles. The molecule has 32 heavy (non-hydrogen) atoms. The number of benzene rings is 3. The first-order valence-electron chi connectivity index (χ1n) is 11.3. The van der Waals surface area contributed by atoms with Gasteiger partial charge in [0.1, 0.15) is 13.9 Å². The Labute approximate surface area is 198 Å². The molecule has 3 aromatic rings. The van der Waals surface area contributed by atoms with Gasteiger partial charge in [-0.3, -0.25) is 0 Å². The van der Waals surface area contributed by atoms with Crippen LogP contribution in [0.5, 0.6) is 5.75 Å². The molecule has 0 amide bonds. The normalized spacial score (nSPS) is 13.3. The summed E-state index contributed by atoms with van der Waals surface area (Å²) in [4.78, 5) is 0. The largest absolute Gasteiger partial charge is 0.469 e. The lowest BCUT2D eigenvalue weighted by Crippen LogP contribution is -2.17. The maximum absolute atomic E-state index is 6.58. The fourth-order valence-corrected chi connectivity index (χ4v) is 5.55. The summed E-state index contributed by atoms with van der Waals surface area (Å²) in [5.74, 6) is 1.01. The van der Waals surface area contributed by atoms with Crippen LogP contribution in [0.1, 0.15) is 52.7 Å². The van der Waals surface area contributed by atoms with E-state index in [-0.39, 0.29) is 18.8 Å².